The molecule has 176 valence electrons. The number of phenolic OH excluding ortho intramolecular Hbond substituents is 1. The molecule has 9 heteroatoms. The SMILES string of the molecule is CC(C)c1cc(-c2coc3cc(OC4OC(CO)C(O)C(O)C4O)ccc3c2=O)ccc1O. The number of phenols is 1. The summed E-state index contributed by atoms with van der Waals surface area (Å²) >= 11 is 0. The van der Waals surface area contributed by atoms with Crippen LogP contribution < -0.4 is 10.2 Å². The number of benzene rings is 2. The van der Waals surface area contributed by atoms with Crippen LogP contribution in [-0.4, -0.2) is 62.8 Å². The maximum Gasteiger partial charge on any atom is 0.229 e. The third-order valence-electron chi connectivity index (χ3n) is 5.81. The van der Waals surface area contributed by atoms with Crippen LogP contribution in [0, 0.1) is 0 Å². The molecular weight excluding hydrogens is 432 g/mol. The summed E-state index contributed by atoms with van der Waals surface area (Å²) in [6, 6.07) is 9.39. The predicted octanol–water partition coefficient (Wildman–Crippen LogP) is 1.47. The largest absolute Gasteiger partial charge is 0.508 e. The number of ether oxygens (including phenoxy) is 2. The van der Waals surface area contributed by atoms with Crippen LogP contribution in [0.2, 0.25) is 0 Å². The van der Waals surface area contributed by atoms with Gasteiger partial charge >= 0.3 is 0 Å². The van der Waals surface area contributed by atoms with E-state index in [9.17, 15) is 30.3 Å². The maximum absolute atomic E-state index is 13.1. The lowest BCUT2D eigenvalue weighted by Crippen LogP contribution is -2.60. The molecule has 4 rings (SSSR count). The maximum atomic E-state index is 13.1. The molecule has 2 aromatic carbocycles. The summed E-state index contributed by atoms with van der Waals surface area (Å²) in [7, 11) is 0. The lowest BCUT2D eigenvalue weighted by atomic mass is 9.96. The first-order chi connectivity index (χ1) is 15.7. The zero-order valence-corrected chi connectivity index (χ0v) is 18.1. The van der Waals surface area contributed by atoms with Crippen LogP contribution in [0.4, 0.5) is 0 Å². The smallest absolute Gasteiger partial charge is 0.229 e. The monoisotopic (exact) mass is 458 g/mol. The molecule has 5 atom stereocenters. The van der Waals surface area contributed by atoms with Crippen LogP contribution in [0.25, 0.3) is 22.1 Å². The van der Waals surface area contributed by atoms with Crippen molar-refractivity contribution in [1.29, 1.82) is 0 Å². The first kappa shape index (κ1) is 23.2. The van der Waals surface area contributed by atoms with Gasteiger partial charge in [-0.1, -0.05) is 19.9 Å². The average molecular weight is 458 g/mol. The van der Waals surface area contributed by atoms with E-state index in [1.165, 1.54) is 24.5 Å². The molecule has 0 aliphatic carbocycles. The standard InChI is InChI=1S/C24H26O9/c1-11(2)15-7-12(3-6-17(15)26)16-10-31-18-8-13(4-5-14(18)20(16)27)32-24-23(30)22(29)21(28)19(9-25)33-24/h3-8,10-11,19,21-26,28-30H,9H2,1-2H3. The normalized spacial score (nSPS) is 25.5. The highest BCUT2D eigenvalue weighted by molar-refractivity contribution is 5.82. The summed E-state index contributed by atoms with van der Waals surface area (Å²) in [6.45, 7) is 3.31. The van der Waals surface area contributed by atoms with Gasteiger partial charge in [-0.25, -0.2) is 0 Å². The van der Waals surface area contributed by atoms with Gasteiger partial charge in [0.25, 0.3) is 0 Å². The Bertz CT molecular complexity index is 1200. The molecule has 0 saturated carbocycles. The van der Waals surface area contributed by atoms with Crippen LogP contribution in [0.1, 0.15) is 25.3 Å². The second kappa shape index (κ2) is 9.12. The molecule has 1 aromatic heterocycles. The zero-order chi connectivity index (χ0) is 23.9. The van der Waals surface area contributed by atoms with E-state index >= 15 is 0 Å². The van der Waals surface area contributed by atoms with Crippen molar-refractivity contribution in [3.63, 3.8) is 0 Å². The Morgan fingerprint density at radius 2 is 1.79 bits per heavy atom. The lowest BCUT2D eigenvalue weighted by Gasteiger charge is -2.39. The van der Waals surface area contributed by atoms with Crippen molar-refractivity contribution in [1.82, 2.24) is 0 Å². The average Bonchev–Trinajstić information content (AvgIpc) is 2.80. The van der Waals surface area contributed by atoms with Gasteiger partial charge in [0.05, 0.1) is 17.6 Å². The fourth-order valence-electron chi connectivity index (χ4n) is 3.86. The van der Waals surface area contributed by atoms with Gasteiger partial charge in [0.2, 0.25) is 6.29 Å². The minimum absolute atomic E-state index is 0.0690. The van der Waals surface area contributed by atoms with E-state index in [-0.39, 0.29) is 28.4 Å². The van der Waals surface area contributed by atoms with Crippen LogP contribution in [0.3, 0.4) is 0 Å². The third-order valence-corrected chi connectivity index (χ3v) is 5.81. The minimum atomic E-state index is -1.57. The molecule has 9 nitrogen and oxygen atoms in total. The van der Waals surface area contributed by atoms with E-state index in [1.807, 2.05) is 13.8 Å². The zero-order valence-electron chi connectivity index (χ0n) is 18.1. The Hall–Kier alpha value is -2.95. The summed E-state index contributed by atoms with van der Waals surface area (Å²) in [4.78, 5) is 13.1. The van der Waals surface area contributed by atoms with Crippen molar-refractivity contribution in [2.45, 2.75) is 50.5 Å². The molecule has 1 fully saturated rings. The van der Waals surface area contributed by atoms with Crippen LogP contribution in [0.5, 0.6) is 11.5 Å². The fraction of sp³-hybridized carbons (Fsp3) is 0.375. The quantitative estimate of drug-likeness (QED) is 0.383. The van der Waals surface area contributed by atoms with Crippen LogP contribution in [-0.2, 0) is 4.74 Å². The summed E-state index contributed by atoms with van der Waals surface area (Å²) in [6.07, 6.45) is -5.74. The van der Waals surface area contributed by atoms with Gasteiger partial charge in [-0.05, 0) is 41.3 Å². The molecule has 1 saturated heterocycles. The molecule has 1 aliphatic heterocycles. The van der Waals surface area contributed by atoms with Crippen molar-refractivity contribution in [3.8, 4) is 22.6 Å². The summed E-state index contributed by atoms with van der Waals surface area (Å²) in [5, 5.41) is 49.6. The fourth-order valence-corrected chi connectivity index (χ4v) is 3.86. The number of hydrogen-bond donors (Lipinski definition) is 5. The Labute approximate surface area is 189 Å². The van der Waals surface area contributed by atoms with Crippen molar-refractivity contribution < 1.29 is 39.4 Å². The van der Waals surface area contributed by atoms with Gasteiger partial charge in [0.1, 0.15) is 47.8 Å². The van der Waals surface area contributed by atoms with Gasteiger partial charge < -0.3 is 39.4 Å². The molecule has 5 unspecified atom stereocenters. The van der Waals surface area contributed by atoms with Crippen molar-refractivity contribution in [2.24, 2.45) is 0 Å². The molecule has 0 spiro atoms. The lowest BCUT2D eigenvalue weighted by molar-refractivity contribution is -0.277. The highest BCUT2D eigenvalue weighted by atomic mass is 16.7. The van der Waals surface area contributed by atoms with Gasteiger partial charge in [-0.15, -0.1) is 0 Å². The molecule has 2 heterocycles. The first-order valence-corrected chi connectivity index (χ1v) is 10.6. The molecule has 0 amide bonds. The molecule has 5 N–H and O–H groups in total. The number of aliphatic hydroxyl groups excluding tert-OH is 4. The summed E-state index contributed by atoms with van der Waals surface area (Å²) in [5.74, 6) is 0.419. The number of hydrogen-bond acceptors (Lipinski definition) is 9. The van der Waals surface area contributed by atoms with Crippen molar-refractivity contribution in [2.75, 3.05) is 6.61 Å². The second-order valence-electron chi connectivity index (χ2n) is 8.38. The number of rotatable bonds is 5. The molecule has 0 bridgehead atoms. The molecule has 3 aromatic rings. The Morgan fingerprint density at radius 3 is 2.48 bits per heavy atom. The van der Waals surface area contributed by atoms with Gasteiger partial charge in [-0.2, -0.15) is 0 Å². The van der Waals surface area contributed by atoms with Gasteiger partial charge in [0.15, 0.2) is 5.43 Å². The van der Waals surface area contributed by atoms with Gasteiger partial charge in [0, 0.05) is 6.07 Å². The summed E-state index contributed by atoms with van der Waals surface area (Å²) in [5.41, 5.74) is 1.64. The van der Waals surface area contributed by atoms with Crippen molar-refractivity contribution >= 4 is 11.0 Å². The Balaban J connectivity index is 1.64. The van der Waals surface area contributed by atoms with E-state index in [0.717, 1.165) is 5.56 Å². The molecule has 0 radical (unpaired) electrons. The third kappa shape index (κ3) is 4.33. The van der Waals surface area contributed by atoms with E-state index in [4.69, 9.17) is 13.9 Å². The number of aliphatic hydroxyl groups is 4. The molecule has 1 aliphatic rings. The number of fused-ring (bicyclic) bond motifs is 1. The van der Waals surface area contributed by atoms with Crippen LogP contribution in [0.15, 0.2) is 51.9 Å². The molecular formula is C24H26O9. The Kier molecular flexibility index (Phi) is 6.42. The minimum Gasteiger partial charge on any atom is -0.508 e. The van der Waals surface area contributed by atoms with E-state index in [1.54, 1.807) is 18.2 Å². The number of aromatic hydroxyl groups is 1. The highest BCUT2D eigenvalue weighted by Gasteiger charge is 2.44. The Morgan fingerprint density at radius 1 is 1.03 bits per heavy atom. The molecule has 33 heavy (non-hydrogen) atoms. The second-order valence-corrected chi connectivity index (χ2v) is 8.38. The highest BCUT2D eigenvalue weighted by Crippen LogP contribution is 2.31. The van der Waals surface area contributed by atoms with Gasteiger partial charge in [-0.3, -0.25) is 4.79 Å². The van der Waals surface area contributed by atoms with Crippen LogP contribution >= 0.6 is 0 Å². The van der Waals surface area contributed by atoms with E-state index in [2.05, 4.69) is 0 Å². The van der Waals surface area contributed by atoms with E-state index < -0.39 is 37.3 Å². The predicted molar refractivity (Wildman–Crippen MR) is 118 cm³/mol. The summed E-state index contributed by atoms with van der Waals surface area (Å²) < 4.78 is 16.6. The van der Waals surface area contributed by atoms with E-state index in [0.29, 0.717) is 16.5 Å². The first-order valence-electron chi connectivity index (χ1n) is 10.6. The van der Waals surface area contributed by atoms with Crippen molar-refractivity contribution in [3.05, 3.63) is 58.4 Å². The topological polar surface area (TPSA) is 150 Å².